The molecule has 4 rings (SSSR count). The van der Waals surface area contributed by atoms with Crippen LogP contribution in [0.1, 0.15) is 58.3 Å². The molecule has 23 heavy (non-hydrogen) atoms. The van der Waals surface area contributed by atoms with Crippen LogP contribution in [0.3, 0.4) is 0 Å². The molecule has 4 fully saturated rings. The van der Waals surface area contributed by atoms with E-state index < -0.39 is 11.0 Å². The highest BCUT2D eigenvalue weighted by molar-refractivity contribution is 5.84. The first-order valence-electron chi connectivity index (χ1n) is 8.94. The summed E-state index contributed by atoms with van der Waals surface area (Å²) in [5, 5.41) is 13.6. The fourth-order valence-corrected chi connectivity index (χ4v) is 6.12. The molecular formula is C18H30N2O3. The van der Waals surface area contributed by atoms with Crippen molar-refractivity contribution in [2.45, 2.75) is 63.9 Å². The Kier molecular flexibility index (Phi) is 3.98. The van der Waals surface area contributed by atoms with Crippen LogP contribution in [0, 0.1) is 16.7 Å². The van der Waals surface area contributed by atoms with E-state index >= 15 is 0 Å². The zero-order valence-corrected chi connectivity index (χ0v) is 14.7. The molecule has 0 saturated heterocycles. The van der Waals surface area contributed by atoms with Gasteiger partial charge in [0.2, 0.25) is 11.8 Å². The summed E-state index contributed by atoms with van der Waals surface area (Å²) in [6, 6.07) is 0. The highest BCUT2D eigenvalue weighted by Gasteiger charge is 2.65. The standard InChI is InChI=1S/C18H30N2O3/c1-4-16-7-13-8-17(10-16,12-18(23,9-13)11-16)15(22)20(3)6-5-14(21)19-2/h13,23H,4-12H2,1-3H3,(H,19,21). The molecule has 4 aliphatic rings. The van der Waals surface area contributed by atoms with Crippen LogP contribution in [0.2, 0.25) is 0 Å². The quantitative estimate of drug-likeness (QED) is 0.809. The molecule has 0 aromatic rings. The molecule has 0 heterocycles. The van der Waals surface area contributed by atoms with Gasteiger partial charge >= 0.3 is 0 Å². The Bertz CT molecular complexity index is 522. The molecular weight excluding hydrogens is 292 g/mol. The zero-order valence-electron chi connectivity index (χ0n) is 14.7. The third kappa shape index (κ3) is 2.77. The predicted molar refractivity (Wildman–Crippen MR) is 87.6 cm³/mol. The minimum Gasteiger partial charge on any atom is -0.390 e. The fourth-order valence-electron chi connectivity index (χ4n) is 6.12. The smallest absolute Gasteiger partial charge is 0.228 e. The number of amides is 2. The van der Waals surface area contributed by atoms with Crippen LogP contribution in [0.4, 0.5) is 0 Å². The van der Waals surface area contributed by atoms with Gasteiger partial charge in [0.25, 0.3) is 0 Å². The maximum atomic E-state index is 13.2. The maximum absolute atomic E-state index is 13.2. The van der Waals surface area contributed by atoms with Crippen molar-refractivity contribution in [3.8, 4) is 0 Å². The molecule has 130 valence electrons. The summed E-state index contributed by atoms with van der Waals surface area (Å²) in [6.45, 7) is 2.65. The van der Waals surface area contributed by atoms with E-state index in [2.05, 4.69) is 12.2 Å². The summed E-state index contributed by atoms with van der Waals surface area (Å²) in [5.74, 6) is 0.577. The summed E-state index contributed by atoms with van der Waals surface area (Å²) >= 11 is 0. The minimum atomic E-state index is -0.646. The van der Waals surface area contributed by atoms with Crippen LogP contribution < -0.4 is 5.32 Å². The van der Waals surface area contributed by atoms with Crippen molar-refractivity contribution >= 4 is 11.8 Å². The molecule has 2 N–H and O–H groups in total. The van der Waals surface area contributed by atoms with Gasteiger partial charge in [0.1, 0.15) is 0 Å². The lowest BCUT2D eigenvalue weighted by molar-refractivity contribution is -0.209. The van der Waals surface area contributed by atoms with Crippen molar-refractivity contribution in [1.29, 1.82) is 0 Å². The van der Waals surface area contributed by atoms with Gasteiger partial charge in [0.05, 0.1) is 11.0 Å². The second kappa shape index (κ2) is 5.47. The van der Waals surface area contributed by atoms with Crippen LogP contribution in [-0.2, 0) is 9.59 Å². The van der Waals surface area contributed by atoms with E-state index in [0.717, 1.165) is 32.1 Å². The third-order valence-corrected chi connectivity index (χ3v) is 6.66. The first-order valence-corrected chi connectivity index (χ1v) is 8.94. The number of nitrogens with one attached hydrogen (secondary N) is 1. The van der Waals surface area contributed by atoms with E-state index in [0.29, 0.717) is 25.3 Å². The van der Waals surface area contributed by atoms with E-state index in [1.807, 2.05) is 0 Å². The van der Waals surface area contributed by atoms with Crippen LogP contribution in [-0.4, -0.2) is 48.1 Å². The van der Waals surface area contributed by atoms with E-state index in [1.54, 1.807) is 19.0 Å². The molecule has 4 unspecified atom stereocenters. The number of carbonyl (C=O) groups excluding carboxylic acids is 2. The normalized spacial score (nSPS) is 41.0. The lowest BCUT2D eigenvalue weighted by Crippen LogP contribution is -2.63. The molecule has 0 aromatic heterocycles. The van der Waals surface area contributed by atoms with Crippen molar-refractivity contribution in [2.75, 3.05) is 20.6 Å². The number of nitrogens with zero attached hydrogens (tertiary/aromatic N) is 1. The molecule has 4 saturated carbocycles. The van der Waals surface area contributed by atoms with Gasteiger partial charge in [-0.05, 0) is 49.9 Å². The first kappa shape index (κ1) is 16.7. The van der Waals surface area contributed by atoms with Gasteiger partial charge < -0.3 is 15.3 Å². The third-order valence-electron chi connectivity index (χ3n) is 6.66. The van der Waals surface area contributed by atoms with Gasteiger partial charge in [-0.3, -0.25) is 9.59 Å². The molecule has 4 aliphatic carbocycles. The number of rotatable bonds is 5. The summed E-state index contributed by atoms with van der Waals surface area (Å²) in [5.41, 5.74) is -0.903. The average Bonchev–Trinajstić information content (AvgIpc) is 2.49. The summed E-state index contributed by atoms with van der Waals surface area (Å²) < 4.78 is 0. The van der Waals surface area contributed by atoms with Crippen LogP contribution in [0.15, 0.2) is 0 Å². The molecule has 5 nitrogen and oxygen atoms in total. The largest absolute Gasteiger partial charge is 0.390 e. The summed E-state index contributed by atoms with van der Waals surface area (Å²) in [4.78, 5) is 26.3. The number of aliphatic hydroxyl groups is 1. The molecule has 5 heteroatoms. The Morgan fingerprint density at radius 3 is 2.57 bits per heavy atom. The van der Waals surface area contributed by atoms with Crippen molar-refractivity contribution in [1.82, 2.24) is 10.2 Å². The maximum Gasteiger partial charge on any atom is 0.228 e. The fraction of sp³-hybridized carbons (Fsp3) is 0.889. The molecule has 2 amide bonds. The Morgan fingerprint density at radius 1 is 1.22 bits per heavy atom. The van der Waals surface area contributed by atoms with Crippen molar-refractivity contribution in [3.63, 3.8) is 0 Å². The van der Waals surface area contributed by atoms with Crippen LogP contribution in [0.5, 0.6) is 0 Å². The highest BCUT2D eigenvalue weighted by Crippen LogP contribution is 2.67. The van der Waals surface area contributed by atoms with Gasteiger partial charge in [-0.15, -0.1) is 0 Å². The second-order valence-electron chi connectivity index (χ2n) is 8.52. The van der Waals surface area contributed by atoms with Crippen LogP contribution >= 0.6 is 0 Å². The average molecular weight is 322 g/mol. The van der Waals surface area contributed by atoms with E-state index in [1.165, 1.54) is 6.42 Å². The molecule has 0 aromatic carbocycles. The summed E-state index contributed by atoms with van der Waals surface area (Å²) in [7, 11) is 3.41. The minimum absolute atomic E-state index is 0.0428. The summed E-state index contributed by atoms with van der Waals surface area (Å²) in [6.07, 6.45) is 6.73. The lowest BCUT2D eigenvalue weighted by atomic mass is 9.42. The van der Waals surface area contributed by atoms with E-state index in [9.17, 15) is 14.7 Å². The van der Waals surface area contributed by atoms with Crippen molar-refractivity contribution in [3.05, 3.63) is 0 Å². The lowest BCUT2D eigenvalue weighted by Gasteiger charge is -2.64. The molecule has 4 atom stereocenters. The van der Waals surface area contributed by atoms with Gasteiger partial charge in [0.15, 0.2) is 0 Å². The van der Waals surface area contributed by atoms with Crippen molar-refractivity contribution < 1.29 is 14.7 Å². The van der Waals surface area contributed by atoms with Crippen molar-refractivity contribution in [2.24, 2.45) is 16.7 Å². The zero-order chi connectivity index (χ0) is 16.9. The number of hydrogen-bond donors (Lipinski definition) is 2. The first-order chi connectivity index (χ1) is 10.8. The Balaban J connectivity index is 1.78. The Morgan fingerprint density at radius 2 is 1.96 bits per heavy atom. The highest BCUT2D eigenvalue weighted by atomic mass is 16.3. The second-order valence-corrected chi connectivity index (χ2v) is 8.52. The van der Waals surface area contributed by atoms with Gasteiger partial charge in [-0.1, -0.05) is 13.3 Å². The Hall–Kier alpha value is -1.10. The number of hydrogen-bond acceptors (Lipinski definition) is 3. The molecule has 0 spiro atoms. The molecule has 0 aliphatic heterocycles. The predicted octanol–water partition coefficient (Wildman–Crippen LogP) is 1.69. The van der Waals surface area contributed by atoms with E-state index in [4.69, 9.17) is 0 Å². The number of carbonyl (C=O) groups is 2. The Labute approximate surface area is 138 Å². The molecule has 4 bridgehead atoms. The SMILES string of the molecule is CCC12CC3CC(O)(C1)CC(C(=O)N(C)CCC(=O)NC)(C3)C2. The monoisotopic (exact) mass is 322 g/mol. The van der Waals surface area contributed by atoms with Gasteiger partial charge in [0, 0.05) is 27.1 Å². The topological polar surface area (TPSA) is 69.6 Å². The molecule has 0 radical (unpaired) electrons. The van der Waals surface area contributed by atoms with Gasteiger partial charge in [-0.2, -0.15) is 0 Å². The van der Waals surface area contributed by atoms with E-state index in [-0.39, 0.29) is 17.2 Å². The van der Waals surface area contributed by atoms with Gasteiger partial charge in [-0.25, -0.2) is 0 Å². The van der Waals surface area contributed by atoms with Crippen LogP contribution in [0.25, 0.3) is 0 Å².